The number of pyridine rings is 1. The van der Waals surface area contributed by atoms with Crippen molar-refractivity contribution in [3.63, 3.8) is 0 Å². The van der Waals surface area contributed by atoms with Crippen molar-refractivity contribution in [1.82, 2.24) is 4.98 Å². The van der Waals surface area contributed by atoms with Crippen LogP contribution in [0, 0.1) is 0 Å². The Morgan fingerprint density at radius 1 is 1.44 bits per heavy atom. The second-order valence-electron chi connectivity index (χ2n) is 3.23. The van der Waals surface area contributed by atoms with E-state index in [1.807, 2.05) is 0 Å². The molecule has 1 atom stereocenters. The topological polar surface area (TPSA) is 76.5 Å². The van der Waals surface area contributed by atoms with Gasteiger partial charge in [-0.05, 0) is 11.6 Å². The number of alkyl halides is 3. The van der Waals surface area contributed by atoms with Crippen molar-refractivity contribution >= 4 is 11.9 Å². The van der Waals surface area contributed by atoms with Crippen LogP contribution in [0.1, 0.15) is 11.5 Å². The van der Waals surface area contributed by atoms with Crippen molar-refractivity contribution in [3.8, 4) is 0 Å². The molecule has 0 spiro atoms. The Labute approximate surface area is 99.2 Å². The monoisotopic (exact) mass is 263 g/mol. The zero-order valence-electron chi connectivity index (χ0n) is 8.85. The minimum atomic E-state index is -5.26. The Morgan fingerprint density at radius 2 is 2.11 bits per heavy atom. The van der Waals surface area contributed by atoms with Crippen LogP contribution in [0.2, 0.25) is 0 Å². The molecule has 1 aromatic heterocycles. The summed E-state index contributed by atoms with van der Waals surface area (Å²) < 4.78 is 39.3. The van der Waals surface area contributed by atoms with Crippen molar-refractivity contribution in [2.24, 2.45) is 0 Å². The molecule has 0 saturated carbocycles. The third-order valence-corrected chi connectivity index (χ3v) is 1.98. The highest BCUT2D eigenvalue weighted by molar-refractivity contribution is 5.91. The van der Waals surface area contributed by atoms with Crippen LogP contribution >= 0.6 is 0 Å². The molecule has 1 N–H and O–H groups in total. The predicted octanol–water partition coefficient (Wildman–Crippen LogP) is 0.790. The number of aromatic nitrogens is 1. The molecule has 0 aliphatic heterocycles. The van der Waals surface area contributed by atoms with E-state index >= 15 is 0 Å². The molecule has 1 aromatic rings. The quantitative estimate of drug-likeness (QED) is 0.644. The van der Waals surface area contributed by atoms with Crippen LogP contribution in [0.4, 0.5) is 13.2 Å². The molecule has 0 aliphatic carbocycles. The zero-order chi connectivity index (χ0) is 13.8. The van der Waals surface area contributed by atoms with Crippen molar-refractivity contribution in [1.29, 1.82) is 0 Å². The van der Waals surface area contributed by atoms with Gasteiger partial charge in [-0.15, -0.1) is 0 Å². The van der Waals surface area contributed by atoms with Gasteiger partial charge in [0.2, 0.25) is 0 Å². The summed E-state index contributed by atoms with van der Waals surface area (Å²) in [6, 6.07) is 2.80. The lowest BCUT2D eigenvalue weighted by Gasteiger charge is -2.13. The molecule has 0 fully saturated rings. The first kappa shape index (κ1) is 14.1. The number of esters is 2. The fourth-order valence-electron chi connectivity index (χ4n) is 1.12. The van der Waals surface area contributed by atoms with Gasteiger partial charge in [0.05, 0.1) is 6.61 Å². The minimum Gasteiger partial charge on any atom is -0.395 e. The molecule has 0 radical (unpaired) electrons. The molecule has 1 rings (SSSR count). The van der Waals surface area contributed by atoms with E-state index in [9.17, 15) is 22.8 Å². The number of ether oxygens (including phenoxy) is 1. The summed E-state index contributed by atoms with van der Waals surface area (Å²) >= 11 is 0. The van der Waals surface area contributed by atoms with E-state index in [2.05, 4.69) is 9.72 Å². The highest BCUT2D eigenvalue weighted by atomic mass is 19.4. The van der Waals surface area contributed by atoms with E-state index in [0.29, 0.717) is 0 Å². The van der Waals surface area contributed by atoms with E-state index in [-0.39, 0.29) is 5.56 Å². The first-order valence-corrected chi connectivity index (χ1v) is 4.70. The maximum absolute atomic E-state index is 11.9. The van der Waals surface area contributed by atoms with Crippen LogP contribution in [0.15, 0.2) is 24.5 Å². The average molecular weight is 263 g/mol. The molecule has 98 valence electrons. The number of rotatable bonds is 3. The lowest BCUT2D eigenvalue weighted by Crippen LogP contribution is -2.31. The molecule has 0 amide bonds. The van der Waals surface area contributed by atoms with Gasteiger partial charge in [0.1, 0.15) is 5.92 Å². The third kappa shape index (κ3) is 3.52. The van der Waals surface area contributed by atoms with E-state index in [4.69, 9.17) is 5.11 Å². The van der Waals surface area contributed by atoms with Crippen LogP contribution < -0.4 is 0 Å². The Morgan fingerprint density at radius 3 is 2.56 bits per heavy atom. The smallest absolute Gasteiger partial charge is 0.395 e. The maximum Gasteiger partial charge on any atom is 0.491 e. The molecule has 0 saturated heterocycles. The second kappa shape index (κ2) is 5.58. The van der Waals surface area contributed by atoms with Gasteiger partial charge < -0.3 is 9.84 Å². The zero-order valence-corrected chi connectivity index (χ0v) is 8.85. The summed E-state index contributed by atoms with van der Waals surface area (Å²) in [6.45, 7) is -0.796. The number of halogens is 3. The van der Waals surface area contributed by atoms with Crippen molar-refractivity contribution in [2.75, 3.05) is 6.61 Å². The van der Waals surface area contributed by atoms with Crippen LogP contribution in [-0.4, -0.2) is 34.8 Å². The summed E-state index contributed by atoms with van der Waals surface area (Å²) in [5.74, 6) is -5.48. The third-order valence-electron chi connectivity index (χ3n) is 1.98. The molecule has 5 nitrogen and oxygen atoms in total. The van der Waals surface area contributed by atoms with Crippen molar-refractivity contribution in [3.05, 3.63) is 30.1 Å². The largest absolute Gasteiger partial charge is 0.491 e. The molecule has 8 heteroatoms. The van der Waals surface area contributed by atoms with Gasteiger partial charge >= 0.3 is 18.1 Å². The number of carbonyl (C=O) groups is 2. The predicted molar refractivity (Wildman–Crippen MR) is 51.2 cm³/mol. The van der Waals surface area contributed by atoms with Crippen molar-refractivity contribution < 1.29 is 32.6 Å². The van der Waals surface area contributed by atoms with E-state index in [1.165, 1.54) is 24.5 Å². The van der Waals surface area contributed by atoms with Gasteiger partial charge in [-0.25, -0.2) is 4.79 Å². The highest BCUT2D eigenvalue weighted by Gasteiger charge is 2.43. The summed E-state index contributed by atoms with van der Waals surface area (Å²) in [4.78, 5) is 25.4. The highest BCUT2D eigenvalue weighted by Crippen LogP contribution is 2.20. The minimum absolute atomic E-state index is 0.153. The number of aliphatic hydroxyl groups is 1. The number of hydrogen-bond acceptors (Lipinski definition) is 5. The van der Waals surface area contributed by atoms with Gasteiger partial charge in [0.15, 0.2) is 0 Å². The van der Waals surface area contributed by atoms with Crippen LogP contribution in [0.25, 0.3) is 0 Å². The molecule has 18 heavy (non-hydrogen) atoms. The Bertz CT molecular complexity index is 432. The fourth-order valence-corrected chi connectivity index (χ4v) is 1.12. The summed E-state index contributed by atoms with van der Waals surface area (Å²) in [5, 5.41) is 8.94. The molecule has 0 bridgehead atoms. The SMILES string of the molecule is O=C(OC(=O)C(F)(F)F)C(CO)c1cccnc1. The first-order valence-electron chi connectivity index (χ1n) is 4.70. The van der Waals surface area contributed by atoms with E-state index < -0.39 is 30.6 Å². The average Bonchev–Trinajstić information content (AvgIpc) is 2.30. The normalized spacial score (nSPS) is 12.9. The Hall–Kier alpha value is -1.96. The number of nitrogens with zero attached hydrogens (tertiary/aromatic N) is 1. The summed E-state index contributed by atoms with van der Waals surface area (Å²) in [6.07, 6.45) is -2.70. The van der Waals surface area contributed by atoms with Crippen LogP contribution in [0.3, 0.4) is 0 Å². The Balaban J connectivity index is 2.79. The molecule has 1 heterocycles. The lowest BCUT2D eigenvalue weighted by molar-refractivity contribution is -0.202. The summed E-state index contributed by atoms with van der Waals surface area (Å²) in [5.41, 5.74) is 0.153. The van der Waals surface area contributed by atoms with E-state index in [0.717, 1.165) is 0 Å². The molecule has 1 unspecified atom stereocenters. The Kier molecular flexibility index (Phi) is 4.38. The van der Waals surface area contributed by atoms with Crippen molar-refractivity contribution in [2.45, 2.75) is 12.1 Å². The van der Waals surface area contributed by atoms with Gasteiger partial charge in [-0.2, -0.15) is 13.2 Å². The molecule has 0 aromatic carbocycles. The molecular formula is C10H8F3NO4. The lowest BCUT2D eigenvalue weighted by atomic mass is 10.0. The van der Waals surface area contributed by atoms with E-state index in [1.54, 1.807) is 0 Å². The summed E-state index contributed by atoms with van der Waals surface area (Å²) in [7, 11) is 0. The number of hydrogen-bond donors (Lipinski definition) is 1. The van der Waals surface area contributed by atoms with Gasteiger partial charge in [0.25, 0.3) is 0 Å². The number of aliphatic hydroxyl groups excluding tert-OH is 1. The number of carbonyl (C=O) groups excluding carboxylic acids is 2. The van der Waals surface area contributed by atoms with Gasteiger partial charge in [-0.1, -0.05) is 6.07 Å². The van der Waals surface area contributed by atoms with Crippen LogP contribution in [-0.2, 0) is 14.3 Å². The fraction of sp³-hybridized carbons (Fsp3) is 0.300. The molecule has 0 aliphatic rings. The van der Waals surface area contributed by atoms with Gasteiger partial charge in [-0.3, -0.25) is 9.78 Å². The second-order valence-corrected chi connectivity index (χ2v) is 3.23. The first-order chi connectivity index (χ1) is 8.36. The molecular weight excluding hydrogens is 255 g/mol. The van der Waals surface area contributed by atoms with Gasteiger partial charge in [0, 0.05) is 12.4 Å². The van der Waals surface area contributed by atoms with Crippen LogP contribution in [0.5, 0.6) is 0 Å². The maximum atomic E-state index is 11.9. The standard InChI is InChI=1S/C10H8F3NO4/c11-10(12,13)9(17)18-8(16)7(5-15)6-2-1-3-14-4-6/h1-4,7,15H,5H2.